The Bertz CT molecular complexity index is 995. The lowest BCUT2D eigenvalue weighted by Gasteiger charge is -2.57. The van der Waals surface area contributed by atoms with Crippen LogP contribution in [0.4, 0.5) is 5.95 Å². The van der Waals surface area contributed by atoms with Crippen molar-refractivity contribution in [1.29, 1.82) is 0 Å². The molecule has 0 aliphatic heterocycles. The summed E-state index contributed by atoms with van der Waals surface area (Å²) < 4.78 is 2.55. The molecular weight excluding hydrogens is 354 g/mol. The third-order valence-corrected chi connectivity index (χ3v) is 7.77. The number of imidazole rings is 1. The van der Waals surface area contributed by atoms with Crippen molar-refractivity contribution in [1.82, 2.24) is 19.1 Å². The minimum atomic E-state index is -0.351. The van der Waals surface area contributed by atoms with Crippen LogP contribution in [0.2, 0.25) is 0 Å². The molecule has 4 bridgehead atoms. The van der Waals surface area contributed by atoms with E-state index in [-0.39, 0.29) is 11.2 Å². The van der Waals surface area contributed by atoms with Gasteiger partial charge in [0.05, 0.1) is 0 Å². The molecule has 0 aromatic carbocycles. The molecule has 0 amide bonds. The molecule has 28 heavy (non-hydrogen) atoms. The van der Waals surface area contributed by atoms with Crippen LogP contribution in [0, 0.1) is 23.2 Å². The normalized spacial score (nSPS) is 32.2. The van der Waals surface area contributed by atoms with E-state index in [1.165, 1.54) is 56.6 Å². The van der Waals surface area contributed by atoms with Crippen LogP contribution >= 0.6 is 0 Å². The second-order valence-corrected chi connectivity index (χ2v) is 9.86. The zero-order valence-electron chi connectivity index (χ0n) is 17.1. The lowest BCUT2D eigenvalue weighted by atomic mass is 9.48. The molecule has 0 saturated heterocycles. The largest absolute Gasteiger partial charge is 0.353 e. The van der Waals surface area contributed by atoms with Crippen LogP contribution in [0.3, 0.4) is 0 Å². The summed E-state index contributed by atoms with van der Waals surface area (Å²) in [6, 6.07) is 0.331. The minimum absolute atomic E-state index is 0.326. The molecule has 0 spiro atoms. The number of rotatable bonds is 5. The molecule has 4 saturated carbocycles. The molecule has 7 heteroatoms. The maximum Gasteiger partial charge on any atom is 0.332 e. The van der Waals surface area contributed by atoms with Gasteiger partial charge in [-0.3, -0.25) is 13.9 Å². The van der Waals surface area contributed by atoms with Crippen LogP contribution in [0.5, 0.6) is 0 Å². The summed E-state index contributed by atoms with van der Waals surface area (Å²) in [5, 5.41) is 3.56. The highest BCUT2D eigenvalue weighted by Crippen LogP contribution is 2.61. The van der Waals surface area contributed by atoms with Crippen LogP contribution in [0.1, 0.15) is 58.3 Å². The van der Waals surface area contributed by atoms with Gasteiger partial charge in [0.1, 0.15) is 0 Å². The number of anilines is 1. The first-order valence-corrected chi connectivity index (χ1v) is 10.8. The van der Waals surface area contributed by atoms with Gasteiger partial charge in [0, 0.05) is 20.1 Å². The molecule has 4 aliphatic rings. The highest BCUT2D eigenvalue weighted by molar-refractivity contribution is 5.72. The van der Waals surface area contributed by atoms with Gasteiger partial charge >= 0.3 is 5.69 Å². The van der Waals surface area contributed by atoms with Gasteiger partial charge < -0.3 is 10.3 Å². The van der Waals surface area contributed by atoms with Crippen LogP contribution in [0.25, 0.3) is 11.2 Å². The standard InChI is InChI=1S/C21H31N5O2/c1-4-15(11-21-8-12-5-13(9-21)7-14(6-12)10-21)22-19-23-16-17(24-19)25(2)20(28)26(3)18(16)27/h12-15H,4-11H2,1-3H3,(H2,22,23,24). The Kier molecular flexibility index (Phi) is 4.00. The van der Waals surface area contributed by atoms with Crippen molar-refractivity contribution in [2.75, 3.05) is 5.32 Å². The molecule has 2 aromatic heterocycles. The van der Waals surface area contributed by atoms with E-state index >= 15 is 0 Å². The van der Waals surface area contributed by atoms with Gasteiger partial charge in [0.15, 0.2) is 11.2 Å². The van der Waals surface area contributed by atoms with Crippen molar-refractivity contribution in [3.63, 3.8) is 0 Å². The van der Waals surface area contributed by atoms with Crippen LogP contribution in [-0.2, 0) is 14.1 Å². The number of fused-ring (bicyclic) bond motifs is 1. The first-order valence-electron chi connectivity index (χ1n) is 10.8. The van der Waals surface area contributed by atoms with Gasteiger partial charge in [-0.15, -0.1) is 0 Å². The molecule has 6 rings (SSSR count). The van der Waals surface area contributed by atoms with Crippen molar-refractivity contribution in [2.24, 2.45) is 37.3 Å². The minimum Gasteiger partial charge on any atom is -0.353 e. The van der Waals surface area contributed by atoms with Crippen molar-refractivity contribution in [2.45, 2.75) is 64.3 Å². The summed E-state index contributed by atoms with van der Waals surface area (Å²) in [7, 11) is 3.15. The number of H-pyrrole nitrogens is 1. The fourth-order valence-electron chi connectivity index (χ4n) is 6.95. The quantitative estimate of drug-likeness (QED) is 0.829. The second kappa shape index (κ2) is 6.22. The molecule has 2 heterocycles. The Morgan fingerprint density at radius 3 is 2.29 bits per heavy atom. The van der Waals surface area contributed by atoms with Gasteiger partial charge in [-0.2, -0.15) is 4.98 Å². The van der Waals surface area contributed by atoms with E-state index < -0.39 is 0 Å². The predicted molar refractivity (Wildman–Crippen MR) is 109 cm³/mol. The summed E-state index contributed by atoms with van der Waals surface area (Å²) in [6.07, 6.45) is 10.8. The summed E-state index contributed by atoms with van der Waals surface area (Å²) in [5.74, 6) is 3.46. The molecule has 2 N–H and O–H groups in total. The van der Waals surface area contributed by atoms with E-state index in [1.807, 2.05) is 0 Å². The third-order valence-electron chi connectivity index (χ3n) is 7.77. The maximum absolute atomic E-state index is 12.4. The number of nitrogens with one attached hydrogen (secondary N) is 2. The second-order valence-electron chi connectivity index (χ2n) is 9.86. The fourth-order valence-corrected chi connectivity index (χ4v) is 6.95. The molecule has 0 radical (unpaired) electrons. The smallest absolute Gasteiger partial charge is 0.332 e. The number of hydrogen-bond acceptors (Lipinski definition) is 4. The maximum atomic E-state index is 12.4. The first kappa shape index (κ1) is 18.0. The lowest BCUT2D eigenvalue weighted by Crippen LogP contribution is -2.48. The molecular formula is C21H31N5O2. The number of nitrogens with zero attached hydrogens (tertiary/aromatic N) is 3. The van der Waals surface area contributed by atoms with Crippen molar-refractivity contribution >= 4 is 17.1 Å². The van der Waals surface area contributed by atoms with Crippen molar-refractivity contribution < 1.29 is 0 Å². The van der Waals surface area contributed by atoms with Gasteiger partial charge in [0.25, 0.3) is 5.56 Å². The Hall–Kier alpha value is -2.05. The van der Waals surface area contributed by atoms with Crippen molar-refractivity contribution in [3.05, 3.63) is 20.8 Å². The van der Waals surface area contributed by atoms with E-state index in [2.05, 4.69) is 22.2 Å². The highest BCUT2D eigenvalue weighted by atomic mass is 16.2. The summed E-state index contributed by atoms with van der Waals surface area (Å²) in [4.78, 5) is 32.2. The summed E-state index contributed by atoms with van der Waals surface area (Å²) in [5.41, 5.74) is 0.623. The number of aromatic amines is 1. The topological polar surface area (TPSA) is 84.7 Å². The first-order chi connectivity index (χ1) is 13.4. The van der Waals surface area contributed by atoms with Crippen molar-refractivity contribution in [3.8, 4) is 0 Å². The third kappa shape index (κ3) is 2.73. The molecule has 1 unspecified atom stereocenters. The van der Waals surface area contributed by atoms with Gasteiger partial charge in [0.2, 0.25) is 5.95 Å². The van der Waals surface area contributed by atoms with Gasteiger partial charge in [-0.1, -0.05) is 6.92 Å². The number of aryl methyl sites for hydroxylation is 1. The van der Waals surface area contributed by atoms with Gasteiger partial charge in [-0.25, -0.2) is 4.79 Å². The van der Waals surface area contributed by atoms with Crippen LogP contribution in [0.15, 0.2) is 9.59 Å². The van der Waals surface area contributed by atoms with E-state index in [1.54, 1.807) is 7.05 Å². The summed E-state index contributed by atoms with van der Waals surface area (Å²) in [6.45, 7) is 2.22. The zero-order chi connectivity index (χ0) is 19.6. The number of hydrogen-bond donors (Lipinski definition) is 2. The monoisotopic (exact) mass is 385 g/mol. The van der Waals surface area contributed by atoms with E-state index in [0.29, 0.717) is 28.6 Å². The highest BCUT2D eigenvalue weighted by Gasteiger charge is 2.51. The Labute approximate surface area is 164 Å². The molecule has 4 fully saturated rings. The van der Waals surface area contributed by atoms with Crippen LogP contribution in [-0.4, -0.2) is 25.1 Å². The lowest BCUT2D eigenvalue weighted by molar-refractivity contribution is -0.0595. The Morgan fingerprint density at radius 1 is 1.11 bits per heavy atom. The molecule has 2 aromatic rings. The van der Waals surface area contributed by atoms with E-state index in [9.17, 15) is 9.59 Å². The number of aromatic nitrogens is 4. The molecule has 152 valence electrons. The Morgan fingerprint density at radius 2 is 1.71 bits per heavy atom. The van der Waals surface area contributed by atoms with Crippen LogP contribution < -0.4 is 16.6 Å². The summed E-state index contributed by atoms with van der Waals surface area (Å²) >= 11 is 0. The average molecular weight is 386 g/mol. The SMILES string of the molecule is CCC(CC12CC3CC(CC(C3)C1)C2)Nc1nc2c([nH]1)c(=O)n(C)c(=O)n2C. The molecule has 7 nitrogen and oxygen atoms in total. The average Bonchev–Trinajstić information content (AvgIpc) is 3.07. The predicted octanol–water partition coefficient (Wildman–Crippen LogP) is 2.76. The molecule has 1 atom stereocenters. The van der Waals surface area contributed by atoms with E-state index in [0.717, 1.165) is 28.7 Å². The van der Waals surface area contributed by atoms with Gasteiger partial charge in [-0.05, 0) is 74.5 Å². The zero-order valence-corrected chi connectivity index (χ0v) is 17.1. The Balaban J connectivity index is 1.40. The molecule has 4 aliphatic carbocycles. The van der Waals surface area contributed by atoms with E-state index in [4.69, 9.17) is 0 Å². The fraction of sp³-hybridized carbons (Fsp3) is 0.762.